The van der Waals surface area contributed by atoms with Gasteiger partial charge in [0, 0.05) is 38.7 Å². The Balaban J connectivity index is 2.33. The monoisotopic (exact) mass is 451 g/mol. The lowest BCUT2D eigenvalue weighted by atomic mass is 10.2. The van der Waals surface area contributed by atoms with Crippen molar-refractivity contribution < 1.29 is 13.2 Å². The van der Waals surface area contributed by atoms with Crippen LogP contribution in [0.25, 0.3) is 6.08 Å². The molecule has 0 radical (unpaired) electrons. The van der Waals surface area contributed by atoms with Gasteiger partial charge in [0.1, 0.15) is 0 Å². The van der Waals surface area contributed by atoms with E-state index in [1.807, 2.05) is 38.4 Å². The number of hydrogen-bond donors (Lipinski definition) is 1. The lowest BCUT2D eigenvalue weighted by Crippen LogP contribution is -2.23. The summed E-state index contributed by atoms with van der Waals surface area (Å²) in [6.07, 6.45) is 3.10. The summed E-state index contributed by atoms with van der Waals surface area (Å²) < 4.78 is 26.8. The Kier molecular flexibility index (Phi) is 6.80. The highest BCUT2D eigenvalue weighted by Gasteiger charge is 2.19. The van der Waals surface area contributed by atoms with E-state index in [9.17, 15) is 13.2 Å². The molecule has 1 N–H and O–H groups in total. The predicted molar refractivity (Wildman–Crippen MR) is 113 cm³/mol. The van der Waals surface area contributed by atoms with Crippen LogP contribution < -0.4 is 10.2 Å². The molecular weight excluding hydrogens is 430 g/mol. The average Bonchev–Trinajstić information content (AvgIpc) is 2.60. The topological polar surface area (TPSA) is 69.7 Å². The fourth-order valence-corrected chi connectivity index (χ4v) is 3.67. The van der Waals surface area contributed by atoms with Crippen LogP contribution in [0, 0.1) is 0 Å². The number of halogens is 1. The molecule has 2 rings (SSSR count). The predicted octanol–water partition coefficient (Wildman–Crippen LogP) is 3.42. The first-order chi connectivity index (χ1) is 12.6. The first-order valence-electron chi connectivity index (χ1n) is 8.10. The van der Waals surface area contributed by atoms with Crippen molar-refractivity contribution in [3.05, 3.63) is 58.6 Å². The zero-order valence-corrected chi connectivity index (χ0v) is 18.0. The highest BCUT2D eigenvalue weighted by atomic mass is 79.9. The summed E-state index contributed by atoms with van der Waals surface area (Å²) in [5, 5.41) is 2.77. The van der Waals surface area contributed by atoms with E-state index in [0.29, 0.717) is 11.4 Å². The lowest BCUT2D eigenvalue weighted by molar-refractivity contribution is -0.111. The fraction of sp³-hybridized carbons (Fsp3) is 0.211. The van der Waals surface area contributed by atoms with E-state index in [0.717, 1.165) is 14.3 Å². The molecule has 144 valence electrons. The summed E-state index contributed by atoms with van der Waals surface area (Å²) in [5.74, 6) is -0.353. The maximum atomic E-state index is 12.4. The van der Waals surface area contributed by atoms with Gasteiger partial charge in [0.2, 0.25) is 15.9 Å². The molecule has 0 aromatic heterocycles. The van der Waals surface area contributed by atoms with Gasteiger partial charge in [-0.05, 0) is 35.9 Å². The maximum Gasteiger partial charge on any atom is 0.248 e. The fourth-order valence-electron chi connectivity index (χ4n) is 2.33. The first kappa shape index (κ1) is 21.1. The zero-order valence-electron chi connectivity index (χ0n) is 15.6. The molecule has 0 fully saturated rings. The van der Waals surface area contributed by atoms with Crippen molar-refractivity contribution in [2.24, 2.45) is 0 Å². The van der Waals surface area contributed by atoms with Gasteiger partial charge in [-0.1, -0.05) is 34.1 Å². The number of nitrogens with zero attached hydrogens (tertiary/aromatic N) is 2. The lowest BCUT2D eigenvalue weighted by Gasteiger charge is -2.19. The largest absolute Gasteiger partial charge is 0.376 e. The minimum absolute atomic E-state index is 0.114. The van der Waals surface area contributed by atoms with Gasteiger partial charge in [-0.3, -0.25) is 4.79 Å². The number of sulfonamides is 1. The Morgan fingerprint density at radius 1 is 1.07 bits per heavy atom. The quantitative estimate of drug-likeness (QED) is 0.683. The van der Waals surface area contributed by atoms with Crippen molar-refractivity contribution in [2.45, 2.75) is 4.90 Å². The van der Waals surface area contributed by atoms with Crippen LogP contribution in [0.3, 0.4) is 0 Å². The summed E-state index contributed by atoms with van der Waals surface area (Å²) in [7, 11) is 2.98. The number of hydrogen-bond acceptors (Lipinski definition) is 4. The number of amides is 1. The Morgan fingerprint density at radius 3 is 2.33 bits per heavy atom. The van der Waals surface area contributed by atoms with Crippen molar-refractivity contribution in [3.8, 4) is 0 Å². The molecule has 0 aliphatic heterocycles. The molecule has 2 aromatic carbocycles. The molecule has 0 heterocycles. The highest BCUT2D eigenvalue weighted by Crippen LogP contribution is 2.28. The Bertz CT molecular complexity index is 970. The van der Waals surface area contributed by atoms with Crippen LogP contribution in [-0.4, -0.2) is 46.8 Å². The zero-order chi connectivity index (χ0) is 20.2. The van der Waals surface area contributed by atoms with Crippen LogP contribution >= 0.6 is 15.9 Å². The number of carbonyl (C=O) groups excluding carboxylic acids is 1. The van der Waals surface area contributed by atoms with Crippen LogP contribution in [-0.2, 0) is 14.8 Å². The molecule has 0 saturated carbocycles. The minimum atomic E-state index is -3.60. The number of carbonyl (C=O) groups is 1. The van der Waals surface area contributed by atoms with Gasteiger partial charge in [-0.25, -0.2) is 12.7 Å². The third-order valence-corrected chi connectivity index (χ3v) is 6.34. The van der Waals surface area contributed by atoms with E-state index in [-0.39, 0.29) is 10.8 Å². The molecule has 0 bridgehead atoms. The van der Waals surface area contributed by atoms with Crippen molar-refractivity contribution in [2.75, 3.05) is 38.4 Å². The Labute approximate surface area is 168 Å². The number of nitrogens with one attached hydrogen (secondary N) is 1. The summed E-state index contributed by atoms with van der Waals surface area (Å²) in [5.41, 5.74) is 1.99. The molecular formula is C19H22BrN3O3S. The first-order valence-corrected chi connectivity index (χ1v) is 10.3. The average molecular weight is 452 g/mol. The van der Waals surface area contributed by atoms with Crippen molar-refractivity contribution in [1.29, 1.82) is 0 Å². The molecule has 6 nitrogen and oxygen atoms in total. The van der Waals surface area contributed by atoms with Crippen LogP contribution in [0.1, 0.15) is 5.56 Å². The summed E-state index contributed by atoms with van der Waals surface area (Å²) >= 11 is 3.43. The third-order valence-electron chi connectivity index (χ3n) is 3.81. The summed E-state index contributed by atoms with van der Waals surface area (Å²) in [4.78, 5) is 14.3. The Morgan fingerprint density at radius 2 is 1.74 bits per heavy atom. The van der Waals surface area contributed by atoms with Gasteiger partial charge in [-0.15, -0.1) is 0 Å². The molecule has 0 aliphatic rings. The maximum absolute atomic E-state index is 12.4. The molecule has 0 atom stereocenters. The van der Waals surface area contributed by atoms with Gasteiger partial charge in [0.05, 0.1) is 16.3 Å². The number of anilines is 2. The molecule has 0 spiro atoms. The van der Waals surface area contributed by atoms with E-state index in [2.05, 4.69) is 21.2 Å². The van der Waals surface area contributed by atoms with Crippen molar-refractivity contribution in [3.63, 3.8) is 0 Å². The molecule has 8 heteroatoms. The second kappa shape index (κ2) is 8.69. The van der Waals surface area contributed by atoms with Gasteiger partial charge in [-0.2, -0.15) is 0 Å². The second-order valence-corrected chi connectivity index (χ2v) is 9.21. The normalized spacial score (nSPS) is 11.8. The smallest absolute Gasteiger partial charge is 0.248 e. The third kappa shape index (κ3) is 5.18. The van der Waals surface area contributed by atoms with E-state index >= 15 is 0 Å². The second-order valence-electron chi connectivity index (χ2n) is 6.20. The summed E-state index contributed by atoms with van der Waals surface area (Å²) in [6.45, 7) is 0. The standard InChI is InChI=1S/C19H22BrN3O3S/c1-22(2)18-11-10-15(27(25,26)23(3)4)13-17(18)21-19(24)12-9-14-7-5-6-8-16(14)20/h5-13H,1-4H3,(H,21,24)/b12-9+. The van der Waals surface area contributed by atoms with Crippen LogP contribution in [0.4, 0.5) is 11.4 Å². The van der Waals surface area contributed by atoms with E-state index < -0.39 is 10.0 Å². The van der Waals surface area contributed by atoms with E-state index in [1.165, 1.54) is 32.3 Å². The molecule has 2 aromatic rings. The molecule has 0 aliphatic carbocycles. The van der Waals surface area contributed by atoms with E-state index in [4.69, 9.17) is 0 Å². The molecule has 0 saturated heterocycles. The summed E-state index contributed by atoms with van der Waals surface area (Å²) in [6, 6.07) is 12.2. The van der Waals surface area contributed by atoms with Gasteiger partial charge in [0.15, 0.2) is 0 Å². The van der Waals surface area contributed by atoms with Gasteiger partial charge < -0.3 is 10.2 Å². The highest BCUT2D eigenvalue weighted by molar-refractivity contribution is 9.10. The number of benzene rings is 2. The molecule has 27 heavy (non-hydrogen) atoms. The van der Waals surface area contributed by atoms with Gasteiger partial charge in [0.25, 0.3) is 0 Å². The van der Waals surface area contributed by atoms with Crippen LogP contribution in [0.5, 0.6) is 0 Å². The Hall–Kier alpha value is -2.16. The van der Waals surface area contributed by atoms with Crippen molar-refractivity contribution in [1.82, 2.24) is 4.31 Å². The van der Waals surface area contributed by atoms with Crippen molar-refractivity contribution >= 4 is 49.3 Å². The molecule has 0 unspecified atom stereocenters. The van der Waals surface area contributed by atoms with Crippen LogP contribution in [0.15, 0.2) is 57.9 Å². The minimum Gasteiger partial charge on any atom is -0.376 e. The molecule has 1 amide bonds. The SMILES string of the molecule is CN(C)c1ccc(S(=O)(=O)N(C)C)cc1NC(=O)/C=C/c1ccccc1Br. The van der Waals surface area contributed by atoms with E-state index in [1.54, 1.807) is 17.0 Å². The van der Waals surface area contributed by atoms with Gasteiger partial charge >= 0.3 is 0 Å². The van der Waals surface area contributed by atoms with Crippen LogP contribution in [0.2, 0.25) is 0 Å². The number of rotatable bonds is 6.